The number of sulfonamides is 1. The fourth-order valence-electron chi connectivity index (χ4n) is 6.10. The Balaban J connectivity index is 0.993. The van der Waals surface area contributed by atoms with Gasteiger partial charge in [-0.3, -0.25) is 4.90 Å². The molecule has 2 aliphatic heterocycles. The standard InChI is InChI=1S/C33H38N10O5S2/c1-46-27-21-26-25(20-28(27)48-17-3-10-41-15-18-47-19-16-41)29-30(39-26)36-22-37-31(29)42-11-13-43(14-12-42)33(49)38-23-4-6-24(7-5-23)50(44,45)40-32-34-8-2-9-35-32/h2,4-9,20-22H,3,10-19H2,1H3,(H,38,49)(H,34,35,40)(H,36,37,39). The molecule has 0 unspecified atom stereocenters. The molecule has 0 spiro atoms. The molecule has 0 bridgehead atoms. The Morgan fingerprint density at radius 3 is 2.48 bits per heavy atom. The first-order valence-corrected chi connectivity index (χ1v) is 18.3. The van der Waals surface area contributed by atoms with Crippen LogP contribution in [0.5, 0.6) is 11.5 Å². The third-order valence-electron chi connectivity index (χ3n) is 8.71. The normalized spacial score (nSPS) is 15.7. The Labute approximate surface area is 295 Å². The lowest BCUT2D eigenvalue weighted by atomic mass is 10.1. The molecule has 17 heteroatoms. The van der Waals surface area contributed by atoms with Gasteiger partial charge in [0.05, 0.1) is 42.7 Å². The lowest BCUT2D eigenvalue weighted by Gasteiger charge is -2.37. The summed E-state index contributed by atoms with van der Waals surface area (Å²) in [6, 6.07) is 11.9. The van der Waals surface area contributed by atoms with E-state index in [2.05, 4.69) is 44.7 Å². The number of morpholine rings is 1. The predicted octanol–water partition coefficient (Wildman–Crippen LogP) is 3.33. The van der Waals surface area contributed by atoms with E-state index in [0.29, 0.717) is 55.1 Å². The second-order valence-corrected chi connectivity index (χ2v) is 13.9. The third kappa shape index (κ3) is 7.50. The zero-order valence-electron chi connectivity index (χ0n) is 27.5. The Bertz CT molecular complexity index is 2050. The first kappa shape index (κ1) is 33.6. The van der Waals surface area contributed by atoms with Crippen LogP contribution in [-0.2, 0) is 14.8 Å². The van der Waals surface area contributed by atoms with Gasteiger partial charge in [0.1, 0.15) is 17.8 Å². The minimum absolute atomic E-state index is 0.00657. The monoisotopic (exact) mass is 718 g/mol. The summed E-state index contributed by atoms with van der Waals surface area (Å²) in [5.74, 6) is 2.20. The van der Waals surface area contributed by atoms with Crippen LogP contribution in [0.1, 0.15) is 6.42 Å². The SMILES string of the molecule is COc1cc2[nH]c3ncnc(N4CCN(C(=S)Nc5ccc(S(=O)(=O)Nc6ncccn6)cc5)CC4)c3c2cc1OCCCN1CCOCC1. The maximum Gasteiger partial charge on any atom is 0.264 e. The van der Waals surface area contributed by atoms with E-state index in [4.69, 9.17) is 31.4 Å². The number of aromatic amines is 1. The van der Waals surface area contributed by atoms with Crippen molar-refractivity contribution in [2.45, 2.75) is 11.3 Å². The molecule has 3 aromatic heterocycles. The first-order valence-electron chi connectivity index (χ1n) is 16.4. The van der Waals surface area contributed by atoms with Gasteiger partial charge >= 0.3 is 0 Å². The van der Waals surface area contributed by atoms with Gasteiger partial charge in [-0.1, -0.05) is 0 Å². The van der Waals surface area contributed by atoms with Crippen LogP contribution in [0.15, 0.2) is 66.1 Å². The molecule has 3 N–H and O–H groups in total. The number of nitrogens with one attached hydrogen (secondary N) is 3. The molecule has 0 radical (unpaired) electrons. The highest BCUT2D eigenvalue weighted by Gasteiger charge is 2.24. The number of piperazine rings is 1. The molecular formula is C33H38N10O5S2. The number of fused-ring (bicyclic) bond motifs is 3. The summed E-state index contributed by atoms with van der Waals surface area (Å²) in [7, 11) is -2.19. The van der Waals surface area contributed by atoms with Crippen molar-refractivity contribution < 1.29 is 22.6 Å². The smallest absolute Gasteiger partial charge is 0.264 e. The van der Waals surface area contributed by atoms with Crippen LogP contribution in [0.4, 0.5) is 17.5 Å². The molecule has 2 aliphatic rings. The van der Waals surface area contributed by atoms with Crippen molar-refractivity contribution in [3.8, 4) is 11.5 Å². The topological polar surface area (TPSA) is 163 Å². The number of rotatable bonds is 11. The highest BCUT2D eigenvalue weighted by molar-refractivity contribution is 7.92. The molecule has 2 fully saturated rings. The number of aromatic nitrogens is 5. The van der Waals surface area contributed by atoms with Gasteiger partial charge < -0.3 is 34.3 Å². The molecule has 15 nitrogen and oxygen atoms in total. The average molecular weight is 719 g/mol. The van der Waals surface area contributed by atoms with Gasteiger partial charge in [-0.15, -0.1) is 0 Å². The molecule has 0 aliphatic carbocycles. The first-order chi connectivity index (χ1) is 24.4. The van der Waals surface area contributed by atoms with E-state index < -0.39 is 10.0 Å². The summed E-state index contributed by atoms with van der Waals surface area (Å²) >= 11 is 5.73. The number of nitrogens with zero attached hydrogens (tertiary/aromatic N) is 7. The molecule has 7 rings (SSSR count). The molecule has 5 heterocycles. The van der Waals surface area contributed by atoms with E-state index in [0.717, 1.165) is 67.0 Å². The van der Waals surface area contributed by atoms with Crippen LogP contribution >= 0.6 is 12.2 Å². The summed E-state index contributed by atoms with van der Waals surface area (Å²) in [6.45, 7) is 7.71. The second kappa shape index (κ2) is 15.0. The number of hydrogen-bond donors (Lipinski definition) is 3. The molecular weight excluding hydrogens is 681 g/mol. The Morgan fingerprint density at radius 1 is 0.980 bits per heavy atom. The highest BCUT2D eigenvalue weighted by atomic mass is 32.2. The lowest BCUT2D eigenvalue weighted by Crippen LogP contribution is -2.50. The van der Waals surface area contributed by atoms with Gasteiger partial charge in [-0.2, -0.15) is 0 Å². The van der Waals surface area contributed by atoms with Crippen LogP contribution in [-0.4, -0.2) is 121 Å². The zero-order valence-corrected chi connectivity index (χ0v) is 29.2. The van der Waals surface area contributed by atoms with Crippen LogP contribution in [0, 0.1) is 0 Å². The second-order valence-electron chi connectivity index (χ2n) is 11.9. The molecule has 2 saturated heterocycles. The average Bonchev–Trinajstić information content (AvgIpc) is 3.51. The van der Waals surface area contributed by atoms with Gasteiger partial charge in [0.25, 0.3) is 10.0 Å². The van der Waals surface area contributed by atoms with Gasteiger partial charge in [0.2, 0.25) is 5.95 Å². The maximum atomic E-state index is 12.7. The maximum absolute atomic E-state index is 12.7. The number of hydrogen-bond acceptors (Lipinski definition) is 12. The van der Waals surface area contributed by atoms with E-state index in [1.807, 2.05) is 12.1 Å². The number of H-pyrrole nitrogens is 1. The van der Waals surface area contributed by atoms with Crippen LogP contribution in [0.2, 0.25) is 0 Å². The zero-order chi connectivity index (χ0) is 34.5. The van der Waals surface area contributed by atoms with Crippen molar-refractivity contribution in [3.63, 3.8) is 0 Å². The Morgan fingerprint density at radius 2 is 1.74 bits per heavy atom. The molecule has 50 heavy (non-hydrogen) atoms. The molecule has 0 saturated carbocycles. The number of ether oxygens (including phenoxy) is 3. The predicted molar refractivity (Wildman–Crippen MR) is 195 cm³/mol. The Hall–Kier alpha value is -4.84. The van der Waals surface area contributed by atoms with E-state index in [9.17, 15) is 8.42 Å². The summed E-state index contributed by atoms with van der Waals surface area (Å²) < 4.78 is 45.2. The summed E-state index contributed by atoms with van der Waals surface area (Å²) in [5.41, 5.74) is 2.32. The van der Waals surface area contributed by atoms with Crippen LogP contribution in [0.3, 0.4) is 0 Å². The van der Waals surface area contributed by atoms with Crippen molar-refractivity contribution >= 4 is 66.7 Å². The quantitative estimate of drug-likeness (QED) is 0.135. The lowest BCUT2D eigenvalue weighted by molar-refractivity contribution is 0.0357. The summed E-state index contributed by atoms with van der Waals surface area (Å²) in [6.07, 6.45) is 5.42. The van der Waals surface area contributed by atoms with E-state index in [1.165, 1.54) is 24.5 Å². The molecule has 0 atom stereocenters. The Kier molecular flexibility index (Phi) is 10.1. The van der Waals surface area contributed by atoms with Crippen LogP contribution < -0.4 is 24.4 Å². The van der Waals surface area contributed by atoms with Crippen molar-refractivity contribution in [2.75, 3.05) is 87.7 Å². The van der Waals surface area contributed by atoms with Gasteiger partial charge in [-0.25, -0.2) is 33.1 Å². The third-order valence-corrected chi connectivity index (χ3v) is 10.4. The van der Waals surface area contributed by atoms with E-state index in [-0.39, 0.29) is 10.8 Å². The number of thiocarbonyl (C=S) groups is 1. The fourth-order valence-corrected chi connectivity index (χ4v) is 7.35. The minimum Gasteiger partial charge on any atom is -0.493 e. The molecule has 0 amide bonds. The fraction of sp³-hybridized carbons (Fsp3) is 0.364. The van der Waals surface area contributed by atoms with Crippen molar-refractivity contribution in [3.05, 3.63) is 61.2 Å². The number of anilines is 3. The van der Waals surface area contributed by atoms with E-state index >= 15 is 0 Å². The molecule has 262 valence electrons. The van der Waals surface area contributed by atoms with Crippen molar-refractivity contribution in [1.29, 1.82) is 0 Å². The summed E-state index contributed by atoms with van der Waals surface area (Å²) in [4.78, 5) is 27.3. The highest BCUT2D eigenvalue weighted by Crippen LogP contribution is 2.38. The van der Waals surface area contributed by atoms with Gasteiger partial charge in [0, 0.05) is 75.3 Å². The van der Waals surface area contributed by atoms with Crippen molar-refractivity contribution in [2.24, 2.45) is 0 Å². The minimum atomic E-state index is -3.83. The molecule has 5 aromatic rings. The van der Waals surface area contributed by atoms with Crippen LogP contribution in [0.25, 0.3) is 21.9 Å². The van der Waals surface area contributed by atoms with Crippen molar-refractivity contribution in [1.82, 2.24) is 34.7 Å². The molecule has 2 aromatic carbocycles. The summed E-state index contributed by atoms with van der Waals surface area (Å²) in [5, 5.41) is 5.69. The number of methoxy groups -OCH3 is 1. The largest absolute Gasteiger partial charge is 0.493 e. The van der Waals surface area contributed by atoms with E-state index in [1.54, 1.807) is 31.6 Å². The van der Waals surface area contributed by atoms with Gasteiger partial charge in [0.15, 0.2) is 16.6 Å². The van der Waals surface area contributed by atoms with Gasteiger partial charge in [-0.05, 0) is 55.0 Å². The number of benzene rings is 2.